The summed E-state index contributed by atoms with van der Waals surface area (Å²) < 4.78 is 5.55. The van der Waals surface area contributed by atoms with Crippen LogP contribution >= 0.6 is 0 Å². The molecule has 0 unspecified atom stereocenters. The molecule has 0 atom stereocenters. The molecule has 3 N–H and O–H groups in total. The minimum absolute atomic E-state index is 0.000203. The van der Waals surface area contributed by atoms with Crippen molar-refractivity contribution in [3.05, 3.63) is 18.2 Å². The summed E-state index contributed by atoms with van der Waals surface area (Å²) in [6.07, 6.45) is 1.17. The summed E-state index contributed by atoms with van der Waals surface area (Å²) >= 11 is 0. The predicted molar refractivity (Wildman–Crippen MR) is 72.1 cm³/mol. The van der Waals surface area contributed by atoms with E-state index in [1.165, 1.54) is 0 Å². The summed E-state index contributed by atoms with van der Waals surface area (Å²) in [5, 5.41) is 2.87. The number of carbonyl (C=O) groups is 1. The van der Waals surface area contributed by atoms with E-state index in [0.29, 0.717) is 26.0 Å². The summed E-state index contributed by atoms with van der Waals surface area (Å²) in [5.74, 6) is 0.864. The number of likely N-dealkylation sites (N-methyl/N-ethyl adjacent to an activating group) is 1. The third-order valence-corrected chi connectivity index (χ3v) is 2.95. The van der Waals surface area contributed by atoms with Crippen molar-refractivity contribution in [3.8, 4) is 5.75 Å². The standard InChI is InChI=1S/C13H19N3O2/c1-16-7-8-18-12-5-4-10(9-11(12)16)15-13(17)3-2-6-14/h4-5,9H,2-3,6-8,14H2,1H3,(H,15,17). The number of fused-ring (bicyclic) bond motifs is 1. The average Bonchev–Trinajstić information content (AvgIpc) is 2.37. The third-order valence-electron chi connectivity index (χ3n) is 2.95. The van der Waals surface area contributed by atoms with Gasteiger partial charge in [0.2, 0.25) is 5.91 Å². The number of nitrogens with one attached hydrogen (secondary N) is 1. The van der Waals surface area contributed by atoms with E-state index in [1.54, 1.807) is 0 Å². The molecule has 1 aromatic carbocycles. The van der Waals surface area contributed by atoms with Crippen LogP contribution in [0.4, 0.5) is 11.4 Å². The van der Waals surface area contributed by atoms with Crippen molar-refractivity contribution in [3.63, 3.8) is 0 Å². The highest BCUT2D eigenvalue weighted by Crippen LogP contribution is 2.33. The third kappa shape index (κ3) is 2.92. The Balaban J connectivity index is 2.06. The molecule has 0 aromatic heterocycles. The van der Waals surface area contributed by atoms with Crippen molar-refractivity contribution in [1.29, 1.82) is 0 Å². The van der Waals surface area contributed by atoms with Crippen molar-refractivity contribution in [2.45, 2.75) is 12.8 Å². The second kappa shape index (κ2) is 5.73. The minimum atomic E-state index is -0.000203. The first-order valence-corrected chi connectivity index (χ1v) is 6.18. The molecule has 1 aliphatic rings. The molecule has 0 saturated carbocycles. The highest BCUT2D eigenvalue weighted by atomic mass is 16.5. The molecule has 0 radical (unpaired) electrons. The highest BCUT2D eigenvalue weighted by Gasteiger charge is 2.15. The van der Waals surface area contributed by atoms with Crippen LogP contribution in [0, 0.1) is 0 Å². The molecule has 0 aliphatic carbocycles. The van der Waals surface area contributed by atoms with Crippen LogP contribution in [-0.4, -0.2) is 32.7 Å². The van der Waals surface area contributed by atoms with Gasteiger partial charge in [-0.2, -0.15) is 0 Å². The SMILES string of the molecule is CN1CCOc2ccc(NC(=O)CCCN)cc21. The molecule has 1 aromatic rings. The molecule has 5 heteroatoms. The monoisotopic (exact) mass is 249 g/mol. The zero-order valence-electron chi connectivity index (χ0n) is 10.6. The zero-order chi connectivity index (χ0) is 13.0. The summed E-state index contributed by atoms with van der Waals surface area (Å²) in [7, 11) is 2.02. The normalized spacial score (nSPS) is 13.8. The number of nitrogens with two attached hydrogens (primary N) is 1. The lowest BCUT2D eigenvalue weighted by Gasteiger charge is -2.28. The number of hydrogen-bond donors (Lipinski definition) is 2. The van der Waals surface area contributed by atoms with E-state index in [4.69, 9.17) is 10.5 Å². The first-order valence-electron chi connectivity index (χ1n) is 6.18. The number of amides is 1. The van der Waals surface area contributed by atoms with Crippen molar-refractivity contribution in [2.75, 3.05) is 37.0 Å². The number of rotatable bonds is 4. The molecular formula is C13H19N3O2. The van der Waals surface area contributed by atoms with E-state index in [-0.39, 0.29) is 5.91 Å². The number of carbonyl (C=O) groups excluding carboxylic acids is 1. The molecule has 0 fully saturated rings. The van der Waals surface area contributed by atoms with Gasteiger partial charge in [0, 0.05) is 19.2 Å². The number of nitrogens with zero attached hydrogens (tertiary/aromatic N) is 1. The molecule has 1 aliphatic heterocycles. The Kier molecular flexibility index (Phi) is 4.04. The van der Waals surface area contributed by atoms with Gasteiger partial charge >= 0.3 is 0 Å². The van der Waals surface area contributed by atoms with Gasteiger partial charge in [0.15, 0.2) is 0 Å². The van der Waals surface area contributed by atoms with E-state index in [2.05, 4.69) is 10.2 Å². The van der Waals surface area contributed by atoms with Gasteiger partial charge in [-0.15, -0.1) is 0 Å². The van der Waals surface area contributed by atoms with Crippen molar-refractivity contribution in [2.24, 2.45) is 5.73 Å². The Hall–Kier alpha value is -1.75. The molecule has 1 heterocycles. The fourth-order valence-corrected chi connectivity index (χ4v) is 1.91. The zero-order valence-corrected chi connectivity index (χ0v) is 10.6. The van der Waals surface area contributed by atoms with E-state index >= 15 is 0 Å². The predicted octanol–water partition coefficient (Wildman–Crippen LogP) is 1.19. The molecule has 98 valence electrons. The van der Waals surface area contributed by atoms with Gasteiger partial charge in [0.05, 0.1) is 12.2 Å². The Bertz CT molecular complexity index is 434. The summed E-state index contributed by atoms with van der Waals surface area (Å²) in [4.78, 5) is 13.7. The lowest BCUT2D eigenvalue weighted by Crippen LogP contribution is -2.28. The van der Waals surface area contributed by atoms with Crippen molar-refractivity contribution >= 4 is 17.3 Å². The number of hydrogen-bond acceptors (Lipinski definition) is 4. The van der Waals surface area contributed by atoms with Gasteiger partial charge in [-0.05, 0) is 31.2 Å². The van der Waals surface area contributed by atoms with Crippen LogP contribution in [-0.2, 0) is 4.79 Å². The van der Waals surface area contributed by atoms with Gasteiger partial charge in [-0.1, -0.05) is 0 Å². The molecular weight excluding hydrogens is 230 g/mol. The van der Waals surface area contributed by atoms with Gasteiger partial charge in [-0.3, -0.25) is 4.79 Å². The fourth-order valence-electron chi connectivity index (χ4n) is 1.91. The van der Waals surface area contributed by atoms with Crippen LogP contribution in [0.15, 0.2) is 18.2 Å². The van der Waals surface area contributed by atoms with Crippen molar-refractivity contribution < 1.29 is 9.53 Å². The van der Waals surface area contributed by atoms with E-state index in [1.807, 2.05) is 25.2 Å². The Morgan fingerprint density at radius 1 is 1.56 bits per heavy atom. The Morgan fingerprint density at radius 3 is 3.17 bits per heavy atom. The average molecular weight is 249 g/mol. The number of anilines is 2. The smallest absolute Gasteiger partial charge is 0.224 e. The Labute approximate surface area is 107 Å². The summed E-state index contributed by atoms with van der Waals surface area (Å²) in [6, 6.07) is 5.69. The molecule has 1 amide bonds. The van der Waals surface area contributed by atoms with Crippen LogP contribution in [0.2, 0.25) is 0 Å². The van der Waals surface area contributed by atoms with Crippen LogP contribution < -0.4 is 20.7 Å². The van der Waals surface area contributed by atoms with Gasteiger partial charge < -0.3 is 20.7 Å². The van der Waals surface area contributed by atoms with Crippen LogP contribution in [0.25, 0.3) is 0 Å². The first-order chi connectivity index (χ1) is 8.70. The number of benzene rings is 1. The van der Waals surface area contributed by atoms with Crippen molar-refractivity contribution in [1.82, 2.24) is 0 Å². The van der Waals surface area contributed by atoms with Crippen LogP contribution in [0.1, 0.15) is 12.8 Å². The Morgan fingerprint density at radius 2 is 2.39 bits per heavy atom. The molecule has 0 spiro atoms. The van der Waals surface area contributed by atoms with E-state index in [0.717, 1.165) is 23.7 Å². The van der Waals surface area contributed by atoms with Gasteiger partial charge in [0.1, 0.15) is 12.4 Å². The van der Waals surface area contributed by atoms with Crippen LogP contribution in [0.5, 0.6) is 5.75 Å². The summed E-state index contributed by atoms with van der Waals surface area (Å²) in [6.45, 7) is 2.09. The second-order valence-corrected chi connectivity index (χ2v) is 4.39. The molecule has 5 nitrogen and oxygen atoms in total. The number of ether oxygens (including phenoxy) is 1. The quantitative estimate of drug-likeness (QED) is 0.841. The maximum atomic E-state index is 11.6. The highest BCUT2D eigenvalue weighted by molar-refractivity contribution is 5.91. The topological polar surface area (TPSA) is 67.6 Å². The maximum absolute atomic E-state index is 11.6. The minimum Gasteiger partial charge on any atom is -0.490 e. The van der Waals surface area contributed by atoms with Gasteiger partial charge in [-0.25, -0.2) is 0 Å². The van der Waals surface area contributed by atoms with Crippen LogP contribution in [0.3, 0.4) is 0 Å². The lowest BCUT2D eigenvalue weighted by molar-refractivity contribution is -0.116. The lowest BCUT2D eigenvalue weighted by atomic mass is 10.2. The second-order valence-electron chi connectivity index (χ2n) is 4.39. The first kappa shape index (κ1) is 12.7. The summed E-state index contributed by atoms with van der Waals surface area (Å²) in [5.41, 5.74) is 7.19. The fraction of sp³-hybridized carbons (Fsp3) is 0.462. The van der Waals surface area contributed by atoms with Gasteiger partial charge in [0.25, 0.3) is 0 Å². The molecule has 18 heavy (non-hydrogen) atoms. The molecule has 0 bridgehead atoms. The molecule has 0 saturated heterocycles. The van der Waals surface area contributed by atoms with E-state index in [9.17, 15) is 4.79 Å². The molecule has 2 rings (SSSR count). The maximum Gasteiger partial charge on any atom is 0.224 e. The van der Waals surface area contributed by atoms with E-state index < -0.39 is 0 Å². The largest absolute Gasteiger partial charge is 0.490 e.